The Morgan fingerprint density at radius 1 is 1.39 bits per heavy atom. The molecular formula is C17H22N2O4. The van der Waals surface area contributed by atoms with E-state index in [1.54, 1.807) is 19.1 Å². The van der Waals surface area contributed by atoms with E-state index >= 15 is 0 Å². The summed E-state index contributed by atoms with van der Waals surface area (Å²) in [4.78, 5) is 24.4. The lowest BCUT2D eigenvalue weighted by Gasteiger charge is -2.33. The number of carboxylic acid groups (broad SMARTS) is 1. The van der Waals surface area contributed by atoms with Gasteiger partial charge in [-0.1, -0.05) is 25.0 Å². The van der Waals surface area contributed by atoms with Crippen LogP contribution in [0.15, 0.2) is 18.2 Å². The lowest BCUT2D eigenvalue weighted by Crippen LogP contribution is -2.41. The number of fused-ring (bicyclic) bond motifs is 1. The van der Waals surface area contributed by atoms with Gasteiger partial charge in [0.05, 0.1) is 4.92 Å². The molecule has 0 bridgehead atoms. The standard InChI is InChI=1S/C17H22N2O4/c1-11-6-7-12(8-15(11)19(22)23)10-18-14-5-3-2-4-13(14)9-16(18)17(20)21/h6-8,13-14,16H,2-5,9-10H2,1H3,(H,20,21). The number of nitro groups is 1. The number of aryl methyl sites for hydroxylation is 1. The molecule has 0 radical (unpaired) electrons. The second kappa shape index (κ2) is 6.28. The summed E-state index contributed by atoms with van der Waals surface area (Å²) in [6.45, 7) is 2.19. The molecule has 124 valence electrons. The number of benzene rings is 1. The van der Waals surface area contributed by atoms with Gasteiger partial charge in [-0.2, -0.15) is 0 Å². The van der Waals surface area contributed by atoms with E-state index in [0.29, 0.717) is 30.5 Å². The molecule has 1 aliphatic heterocycles. The molecule has 6 nitrogen and oxygen atoms in total. The molecular weight excluding hydrogens is 296 g/mol. The highest BCUT2D eigenvalue weighted by molar-refractivity contribution is 5.74. The summed E-state index contributed by atoms with van der Waals surface area (Å²) in [7, 11) is 0. The predicted octanol–water partition coefficient (Wildman–Crippen LogP) is 3.12. The maximum Gasteiger partial charge on any atom is 0.320 e. The zero-order valence-electron chi connectivity index (χ0n) is 13.3. The minimum Gasteiger partial charge on any atom is -0.480 e. The second-order valence-corrected chi connectivity index (χ2v) is 6.75. The SMILES string of the molecule is Cc1ccc(CN2C(C(=O)O)CC3CCCCC32)cc1[N+](=O)[O-]. The predicted molar refractivity (Wildman–Crippen MR) is 85.2 cm³/mol. The number of carbonyl (C=O) groups is 1. The van der Waals surface area contributed by atoms with Crippen LogP contribution in [0.25, 0.3) is 0 Å². The van der Waals surface area contributed by atoms with Crippen LogP contribution in [-0.4, -0.2) is 33.0 Å². The van der Waals surface area contributed by atoms with E-state index in [1.165, 1.54) is 6.42 Å². The number of hydrogen-bond donors (Lipinski definition) is 1. The van der Waals surface area contributed by atoms with Gasteiger partial charge >= 0.3 is 5.97 Å². The van der Waals surface area contributed by atoms with Crippen molar-refractivity contribution in [1.82, 2.24) is 4.90 Å². The van der Waals surface area contributed by atoms with Gasteiger partial charge in [0.15, 0.2) is 0 Å². The Kier molecular flexibility index (Phi) is 4.35. The first-order chi connectivity index (χ1) is 11.0. The third-order valence-electron chi connectivity index (χ3n) is 5.34. The number of hydrogen-bond acceptors (Lipinski definition) is 4. The molecule has 1 heterocycles. The molecule has 2 aliphatic rings. The Morgan fingerprint density at radius 3 is 2.83 bits per heavy atom. The maximum absolute atomic E-state index is 11.6. The van der Waals surface area contributed by atoms with Crippen molar-refractivity contribution < 1.29 is 14.8 Å². The van der Waals surface area contributed by atoms with E-state index in [2.05, 4.69) is 4.90 Å². The quantitative estimate of drug-likeness (QED) is 0.681. The molecule has 3 rings (SSSR count). The highest BCUT2D eigenvalue weighted by Crippen LogP contribution is 2.40. The molecule has 1 N–H and O–H groups in total. The Hall–Kier alpha value is -1.95. The maximum atomic E-state index is 11.6. The number of carboxylic acids is 1. The van der Waals surface area contributed by atoms with Gasteiger partial charge in [-0.05, 0) is 37.7 Å². The Morgan fingerprint density at radius 2 is 2.13 bits per heavy atom. The highest BCUT2D eigenvalue weighted by Gasteiger charge is 2.45. The van der Waals surface area contributed by atoms with Crippen molar-refractivity contribution in [3.05, 3.63) is 39.4 Å². The number of rotatable bonds is 4. The van der Waals surface area contributed by atoms with E-state index in [4.69, 9.17) is 0 Å². The summed E-state index contributed by atoms with van der Waals surface area (Å²) in [5, 5.41) is 20.7. The van der Waals surface area contributed by atoms with E-state index in [1.807, 2.05) is 6.07 Å². The third kappa shape index (κ3) is 3.08. The molecule has 3 atom stereocenters. The largest absolute Gasteiger partial charge is 0.480 e. The summed E-state index contributed by atoms with van der Waals surface area (Å²) in [5.41, 5.74) is 1.55. The van der Waals surface area contributed by atoms with Crippen molar-refractivity contribution in [2.45, 2.75) is 57.7 Å². The van der Waals surface area contributed by atoms with Gasteiger partial charge in [0.1, 0.15) is 6.04 Å². The molecule has 1 aliphatic carbocycles. The van der Waals surface area contributed by atoms with Gasteiger partial charge in [-0.25, -0.2) is 0 Å². The monoisotopic (exact) mass is 318 g/mol. The number of likely N-dealkylation sites (tertiary alicyclic amines) is 1. The fraction of sp³-hybridized carbons (Fsp3) is 0.588. The molecule has 6 heteroatoms. The first-order valence-corrected chi connectivity index (χ1v) is 8.20. The molecule has 0 aromatic heterocycles. The van der Waals surface area contributed by atoms with Crippen LogP contribution in [0.4, 0.5) is 5.69 Å². The Balaban J connectivity index is 1.86. The van der Waals surface area contributed by atoms with Crippen molar-refractivity contribution in [2.75, 3.05) is 0 Å². The van der Waals surface area contributed by atoms with Crippen molar-refractivity contribution in [1.29, 1.82) is 0 Å². The normalized spacial score (nSPS) is 27.6. The Labute approximate surface area is 135 Å². The number of nitrogens with zero attached hydrogens (tertiary/aromatic N) is 2. The second-order valence-electron chi connectivity index (χ2n) is 6.75. The van der Waals surface area contributed by atoms with Gasteiger partial charge in [-0.3, -0.25) is 19.8 Å². The molecule has 0 amide bonds. The fourth-order valence-corrected chi connectivity index (χ4v) is 4.18. The molecule has 1 saturated carbocycles. The van der Waals surface area contributed by atoms with Gasteiger partial charge in [0.2, 0.25) is 0 Å². The summed E-state index contributed by atoms with van der Waals surface area (Å²) in [6.07, 6.45) is 5.14. The fourth-order valence-electron chi connectivity index (χ4n) is 4.18. The van der Waals surface area contributed by atoms with Crippen molar-refractivity contribution in [2.24, 2.45) is 5.92 Å². The van der Waals surface area contributed by atoms with Crippen molar-refractivity contribution in [3.63, 3.8) is 0 Å². The van der Waals surface area contributed by atoms with Crippen LogP contribution in [0.3, 0.4) is 0 Å². The van der Waals surface area contributed by atoms with Gasteiger partial charge in [0.25, 0.3) is 5.69 Å². The van der Waals surface area contributed by atoms with Gasteiger partial charge in [0, 0.05) is 24.2 Å². The smallest absolute Gasteiger partial charge is 0.320 e. The van der Waals surface area contributed by atoms with E-state index in [9.17, 15) is 20.0 Å². The minimum absolute atomic E-state index is 0.105. The van der Waals surface area contributed by atoms with Crippen molar-refractivity contribution >= 4 is 11.7 Å². The molecule has 23 heavy (non-hydrogen) atoms. The molecule has 0 spiro atoms. The van der Waals surface area contributed by atoms with Gasteiger partial charge < -0.3 is 5.11 Å². The summed E-state index contributed by atoms with van der Waals surface area (Å²) >= 11 is 0. The van der Waals surface area contributed by atoms with Crippen LogP contribution in [0.2, 0.25) is 0 Å². The van der Waals surface area contributed by atoms with Crippen LogP contribution in [0, 0.1) is 23.0 Å². The third-order valence-corrected chi connectivity index (χ3v) is 5.34. The zero-order valence-corrected chi connectivity index (χ0v) is 13.3. The average Bonchev–Trinajstić information content (AvgIpc) is 2.88. The molecule has 3 unspecified atom stereocenters. The lowest BCUT2D eigenvalue weighted by molar-refractivity contribution is -0.385. The number of aliphatic carboxylic acids is 1. The first-order valence-electron chi connectivity index (χ1n) is 8.20. The van der Waals surface area contributed by atoms with Gasteiger partial charge in [-0.15, -0.1) is 0 Å². The highest BCUT2D eigenvalue weighted by atomic mass is 16.6. The lowest BCUT2D eigenvalue weighted by atomic mass is 9.84. The topological polar surface area (TPSA) is 83.7 Å². The average molecular weight is 318 g/mol. The van der Waals surface area contributed by atoms with Crippen LogP contribution < -0.4 is 0 Å². The van der Waals surface area contributed by atoms with Crippen LogP contribution in [-0.2, 0) is 11.3 Å². The molecule has 2 fully saturated rings. The summed E-state index contributed by atoms with van der Waals surface area (Å²) in [5.74, 6) is -0.328. The van der Waals surface area contributed by atoms with E-state index < -0.39 is 12.0 Å². The van der Waals surface area contributed by atoms with Crippen LogP contribution in [0.5, 0.6) is 0 Å². The molecule has 1 aromatic rings. The summed E-state index contributed by atoms with van der Waals surface area (Å²) < 4.78 is 0. The molecule has 1 aromatic carbocycles. The van der Waals surface area contributed by atoms with Crippen LogP contribution >= 0.6 is 0 Å². The van der Waals surface area contributed by atoms with E-state index in [0.717, 1.165) is 24.8 Å². The first kappa shape index (κ1) is 15.9. The van der Waals surface area contributed by atoms with Crippen LogP contribution in [0.1, 0.15) is 43.2 Å². The Bertz CT molecular complexity index is 631. The number of nitro benzene ring substituents is 1. The molecule has 1 saturated heterocycles. The zero-order chi connectivity index (χ0) is 16.6. The van der Waals surface area contributed by atoms with E-state index in [-0.39, 0.29) is 10.6 Å². The minimum atomic E-state index is -0.777. The summed E-state index contributed by atoms with van der Waals surface area (Å²) in [6, 6.07) is 5.04. The van der Waals surface area contributed by atoms with Crippen molar-refractivity contribution in [3.8, 4) is 0 Å².